The number of hydrogen-bond donors (Lipinski definition) is 1. The summed E-state index contributed by atoms with van der Waals surface area (Å²) in [7, 11) is 0. The van der Waals surface area contributed by atoms with E-state index < -0.39 is 12.1 Å². The Morgan fingerprint density at radius 3 is 2.07 bits per heavy atom. The maximum absolute atomic E-state index is 10.2. The van der Waals surface area contributed by atoms with Gasteiger partial charge >= 0.3 is 28.3 Å². The summed E-state index contributed by atoms with van der Waals surface area (Å²) >= 11 is 0. The third kappa shape index (κ3) is 8.72. The Morgan fingerprint density at radius 2 is 1.86 bits per heavy atom. The smallest absolute Gasteiger partial charge is 0.652 e. The van der Waals surface area contributed by atoms with Crippen LogP contribution in [0.4, 0.5) is 4.79 Å². The average Bonchev–Trinajstić information content (AvgIpc) is 2.05. The van der Waals surface area contributed by atoms with Crippen molar-refractivity contribution in [2.75, 3.05) is 0 Å². The monoisotopic (exact) mass is 290 g/mol. The maximum Gasteiger partial charge on any atom is 2.00 e. The van der Waals surface area contributed by atoms with Crippen LogP contribution in [-0.2, 0) is 22.4 Å². The van der Waals surface area contributed by atoms with Crippen molar-refractivity contribution in [2.45, 2.75) is 0 Å². The fourth-order valence-electron chi connectivity index (χ4n) is 0.489. The number of aromatic carboxylic acids is 1. The second-order valence-electron chi connectivity index (χ2n) is 1.80. The Kier molecular flexibility index (Phi) is 8.90. The molecule has 1 N–H and O–H groups in total. The molecule has 6 nitrogen and oxygen atoms in total. The van der Waals surface area contributed by atoms with Gasteiger partial charge in [-0.3, -0.25) is 4.98 Å². The molecule has 0 aliphatic rings. The number of hydrogen-bond acceptors (Lipinski definition) is 5. The molecule has 0 amide bonds. The van der Waals surface area contributed by atoms with Crippen molar-refractivity contribution in [3.8, 4) is 0 Å². The molecule has 0 saturated heterocycles. The Balaban J connectivity index is 0. The maximum atomic E-state index is 10.2. The zero-order valence-electron chi connectivity index (χ0n) is 6.64. The number of rotatable bonds is 1. The third-order valence-electron chi connectivity index (χ3n) is 0.908. The minimum atomic E-state index is -2.33. The van der Waals surface area contributed by atoms with Crippen molar-refractivity contribution in [1.29, 1.82) is 0 Å². The Bertz CT molecular complexity index is 285. The molecule has 0 aliphatic carbocycles. The van der Waals surface area contributed by atoms with E-state index in [0.29, 0.717) is 0 Å². The molecule has 0 unspecified atom stereocenters. The minimum Gasteiger partial charge on any atom is -0.652 e. The molecular weight excluding hydrogens is 286 g/mol. The standard InChI is InChI=1S/C6H5NO2.CH2O3.Ag/c8-6(9)5-2-1-3-7-4-5;2-1(3)4;/h1-4H,(H,8,9);(H2,2,3,4);/q;;+2/p-2. The van der Waals surface area contributed by atoms with Gasteiger partial charge in [0, 0.05) is 12.4 Å². The normalized spacial score (nSPS) is 7.43. The van der Waals surface area contributed by atoms with Gasteiger partial charge in [-0.15, -0.1) is 0 Å². The molecule has 7 heteroatoms. The number of carboxylic acid groups (broad SMARTS) is 3. The zero-order chi connectivity index (χ0) is 10.3. The first kappa shape index (κ1) is 15.1. The van der Waals surface area contributed by atoms with Crippen LogP contribution >= 0.6 is 0 Å². The largest absolute Gasteiger partial charge is 2.00 e. The summed E-state index contributed by atoms with van der Waals surface area (Å²) < 4.78 is 0. The molecule has 0 aromatic carbocycles. The Morgan fingerprint density at radius 1 is 1.36 bits per heavy atom. The first-order valence-electron chi connectivity index (χ1n) is 3.05. The summed E-state index contributed by atoms with van der Waals surface area (Å²) in [6.07, 6.45) is 0.509. The molecule has 1 aromatic heterocycles. The quantitative estimate of drug-likeness (QED) is 0.619. The van der Waals surface area contributed by atoms with E-state index in [1.807, 2.05) is 0 Å². The molecule has 1 heterocycles. The summed E-state index contributed by atoms with van der Waals surface area (Å²) in [6, 6.07) is 3.08. The summed E-state index contributed by atoms with van der Waals surface area (Å²) in [5, 5.41) is 25.0. The first-order chi connectivity index (χ1) is 6.04. The van der Waals surface area contributed by atoms with Crippen molar-refractivity contribution in [1.82, 2.24) is 4.98 Å². The molecule has 0 saturated carbocycles. The fourth-order valence-corrected chi connectivity index (χ4v) is 0.489. The van der Waals surface area contributed by atoms with Gasteiger partial charge in [0.2, 0.25) is 0 Å². The van der Waals surface area contributed by atoms with Crippen molar-refractivity contribution in [3.05, 3.63) is 30.1 Å². The van der Waals surface area contributed by atoms with Gasteiger partial charge in [-0.05, 0) is 18.3 Å². The van der Waals surface area contributed by atoms with E-state index in [0.717, 1.165) is 0 Å². The van der Waals surface area contributed by atoms with Gasteiger partial charge in [-0.25, -0.2) is 4.79 Å². The van der Waals surface area contributed by atoms with Crippen LogP contribution in [0.25, 0.3) is 0 Å². The van der Waals surface area contributed by atoms with E-state index in [4.69, 9.17) is 20.1 Å². The molecule has 0 fully saturated rings. The zero-order valence-corrected chi connectivity index (χ0v) is 8.12. The molecule has 0 aliphatic heterocycles. The summed E-state index contributed by atoms with van der Waals surface area (Å²) in [4.78, 5) is 22.1. The van der Waals surface area contributed by atoms with Gasteiger partial charge in [0.05, 0.1) is 5.56 Å². The molecule has 1 aromatic rings. The number of carbonyl (C=O) groups is 2. The predicted octanol–water partition coefficient (Wildman–Crippen LogP) is -1.67. The van der Waals surface area contributed by atoms with Crippen molar-refractivity contribution < 1.29 is 47.3 Å². The van der Waals surface area contributed by atoms with Gasteiger partial charge in [0.15, 0.2) is 0 Å². The second kappa shape index (κ2) is 8.24. The average molecular weight is 291 g/mol. The number of pyridine rings is 1. The van der Waals surface area contributed by atoms with Crippen LogP contribution in [0.3, 0.4) is 0 Å². The van der Waals surface area contributed by atoms with Crippen LogP contribution in [0.5, 0.6) is 0 Å². The molecule has 0 spiro atoms. The van der Waals surface area contributed by atoms with Crippen molar-refractivity contribution >= 4 is 12.1 Å². The molecule has 79 valence electrons. The Hall–Kier alpha value is -1.37. The minimum absolute atomic E-state index is 0. The van der Waals surface area contributed by atoms with E-state index in [1.165, 1.54) is 18.5 Å². The van der Waals surface area contributed by atoms with Crippen molar-refractivity contribution in [2.24, 2.45) is 0 Å². The molecule has 0 atom stereocenters. The summed E-state index contributed by atoms with van der Waals surface area (Å²) in [5.74, 6) is -0.942. The van der Waals surface area contributed by atoms with E-state index >= 15 is 0 Å². The van der Waals surface area contributed by atoms with Crippen molar-refractivity contribution in [3.63, 3.8) is 0 Å². The van der Waals surface area contributed by atoms with E-state index in [2.05, 4.69) is 4.98 Å². The molecule has 1 radical (unpaired) electrons. The van der Waals surface area contributed by atoms with Crippen LogP contribution in [0, 0.1) is 0 Å². The number of nitrogens with zero attached hydrogens (tertiary/aromatic N) is 1. The predicted molar refractivity (Wildman–Crippen MR) is 36.6 cm³/mol. The van der Waals surface area contributed by atoms with Crippen LogP contribution in [-0.4, -0.2) is 22.2 Å². The van der Waals surface area contributed by atoms with E-state index in [-0.39, 0.29) is 27.9 Å². The van der Waals surface area contributed by atoms with Crippen LogP contribution < -0.4 is 10.2 Å². The van der Waals surface area contributed by atoms with E-state index in [1.54, 1.807) is 6.07 Å². The molecular formula is C7H5AgNO5. The summed E-state index contributed by atoms with van der Waals surface area (Å²) in [6.45, 7) is 0. The molecule has 0 bridgehead atoms. The Labute approximate surface area is 94.7 Å². The second-order valence-corrected chi connectivity index (χ2v) is 1.80. The first-order valence-corrected chi connectivity index (χ1v) is 3.05. The van der Waals surface area contributed by atoms with Gasteiger partial charge in [0.1, 0.15) is 0 Å². The van der Waals surface area contributed by atoms with Gasteiger partial charge in [-0.1, -0.05) is 0 Å². The van der Waals surface area contributed by atoms with Gasteiger partial charge in [0.25, 0.3) is 0 Å². The molecule has 1 rings (SSSR count). The fraction of sp³-hybridized carbons (Fsp3) is 0. The van der Waals surface area contributed by atoms with Gasteiger partial charge in [-0.2, -0.15) is 0 Å². The SMILES string of the molecule is O=C(O)c1cccnc1.O=C([O-])[O-].[Ag+2]. The molecule has 14 heavy (non-hydrogen) atoms. The van der Waals surface area contributed by atoms with Crippen LogP contribution in [0.1, 0.15) is 10.4 Å². The van der Waals surface area contributed by atoms with Gasteiger partial charge < -0.3 is 20.1 Å². The number of carbonyl (C=O) groups excluding carboxylic acids is 1. The number of aromatic nitrogens is 1. The number of carboxylic acids is 1. The summed E-state index contributed by atoms with van der Waals surface area (Å²) in [5.41, 5.74) is 0.220. The van der Waals surface area contributed by atoms with Crippen LogP contribution in [0.15, 0.2) is 24.5 Å². The van der Waals surface area contributed by atoms with Crippen LogP contribution in [0.2, 0.25) is 0 Å². The third-order valence-corrected chi connectivity index (χ3v) is 0.908. The van der Waals surface area contributed by atoms with E-state index in [9.17, 15) is 4.79 Å². The topological polar surface area (TPSA) is 113 Å².